The number of amides is 3. The third kappa shape index (κ3) is 6.83. The number of nitrogens with two attached hydrogens (primary N) is 1. The Hall–Kier alpha value is -5.35. The Labute approximate surface area is 308 Å². The number of quaternary nitrogens is 1. The standard InChI is InChI=1S/C31H36N12O8S2/c1-30(2,28(49)50)51-39-20(17-13-53-29(32)35-17)25(47)36-21-26(48)42-22(23-37-40-41-38-23)15(12-52-27(21)42)11-43-6-3-31(4-7-43,5-8-43)14-34-24(46)16-9-18(44)19(45)10-33-16/h9-10,13,21,27H,3-8,11-12,14H2,1-2H3,(H7-,32,33,34,35,36,37,38,39,40,41,44,45,46,47,49,50)/p+1/t21-,27-,31?,43?/m1/s1. The number of aliphatic carboxylic acids is 1. The lowest BCUT2D eigenvalue weighted by atomic mass is 9.70. The number of hydrogen-bond donors (Lipinski definition) is 7. The molecular weight excluding hydrogens is 733 g/mol. The van der Waals surface area contributed by atoms with Crippen LogP contribution in [-0.2, 0) is 19.2 Å². The third-order valence-electron chi connectivity index (χ3n) is 10.4. The molecule has 0 radical (unpaired) electrons. The molecule has 20 nitrogen and oxygen atoms in total. The lowest BCUT2D eigenvalue weighted by Crippen LogP contribution is -2.70. The van der Waals surface area contributed by atoms with Crippen molar-refractivity contribution in [2.75, 3.05) is 44.2 Å². The SMILES string of the molecule is CC(C)(O/N=C(\C(=O)N[C@@H]1C(=O)N2C(c3nnn[nH]3)=C(C[N+]34CCC(CNC(=O)c5cc(=O)c(O)c[nH]5)(CC3)CC4)CS[C@H]12)c1csc(N)n1)C(=O)O. The molecular formula is C31H37N12O8S2+. The fraction of sp³-hybridized carbons (Fsp3) is 0.484. The van der Waals surface area contributed by atoms with E-state index in [1.165, 1.54) is 31.0 Å². The average molecular weight is 770 g/mol. The van der Waals surface area contributed by atoms with Crippen LogP contribution in [0.2, 0.25) is 0 Å². The van der Waals surface area contributed by atoms with Crippen molar-refractivity contribution < 1.29 is 38.7 Å². The van der Waals surface area contributed by atoms with E-state index in [9.17, 15) is 34.2 Å². The highest BCUT2D eigenvalue weighted by Gasteiger charge is 2.56. The maximum Gasteiger partial charge on any atom is 0.350 e. The van der Waals surface area contributed by atoms with Crippen LogP contribution in [0.1, 0.15) is 55.1 Å². The summed E-state index contributed by atoms with van der Waals surface area (Å²) < 4.78 is 0.804. The highest BCUT2D eigenvalue weighted by molar-refractivity contribution is 8.00. The van der Waals surface area contributed by atoms with Gasteiger partial charge in [-0.1, -0.05) is 5.16 Å². The van der Waals surface area contributed by atoms with Crippen LogP contribution >= 0.6 is 23.1 Å². The fourth-order valence-corrected chi connectivity index (χ4v) is 8.98. The van der Waals surface area contributed by atoms with Gasteiger partial charge in [-0.05, 0) is 24.3 Å². The van der Waals surface area contributed by atoms with Gasteiger partial charge in [-0.3, -0.25) is 24.1 Å². The van der Waals surface area contributed by atoms with Gasteiger partial charge in [0, 0.05) is 60.2 Å². The van der Waals surface area contributed by atoms with Crippen LogP contribution < -0.4 is 21.8 Å². The number of thiazole rings is 1. The van der Waals surface area contributed by atoms with Crippen molar-refractivity contribution in [2.24, 2.45) is 10.6 Å². The average Bonchev–Trinajstić information content (AvgIpc) is 3.84. The molecule has 8 N–H and O–H groups in total. The zero-order valence-corrected chi connectivity index (χ0v) is 30.3. The minimum absolute atomic E-state index is 0.0683. The van der Waals surface area contributed by atoms with E-state index in [4.69, 9.17) is 10.6 Å². The van der Waals surface area contributed by atoms with Gasteiger partial charge in [-0.2, -0.15) is 0 Å². The monoisotopic (exact) mass is 769 g/mol. The second kappa shape index (κ2) is 13.6. The summed E-state index contributed by atoms with van der Waals surface area (Å²) in [6, 6.07) is 0.138. The van der Waals surface area contributed by atoms with Gasteiger partial charge >= 0.3 is 5.97 Å². The molecule has 3 aromatic rings. The van der Waals surface area contributed by atoms with E-state index < -0.39 is 46.0 Å². The second-order valence-corrected chi connectivity index (χ2v) is 16.2. The van der Waals surface area contributed by atoms with Gasteiger partial charge in [-0.25, -0.2) is 14.9 Å². The van der Waals surface area contributed by atoms with Crippen LogP contribution in [0, 0.1) is 5.41 Å². The number of piperidine rings is 3. The first-order valence-electron chi connectivity index (χ1n) is 16.7. The van der Waals surface area contributed by atoms with Crippen LogP contribution in [0.3, 0.4) is 0 Å². The van der Waals surface area contributed by atoms with Crippen molar-refractivity contribution in [3.63, 3.8) is 0 Å². The molecule has 4 fully saturated rings. The molecule has 280 valence electrons. The summed E-state index contributed by atoms with van der Waals surface area (Å²) in [6.07, 6.45) is 3.73. The van der Waals surface area contributed by atoms with Gasteiger partial charge < -0.3 is 40.9 Å². The number of thioether (sulfide) groups is 1. The minimum Gasteiger partial charge on any atom is -0.503 e. The number of carboxylic acids is 1. The number of anilines is 1. The number of hydrogen-bond acceptors (Lipinski definition) is 15. The van der Waals surface area contributed by atoms with Crippen LogP contribution in [0.15, 0.2) is 33.2 Å². The molecule has 0 unspecified atom stereocenters. The number of nitrogens with one attached hydrogen (secondary N) is 4. The molecule has 8 rings (SSSR count). The molecule has 5 aliphatic rings. The summed E-state index contributed by atoms with van der Waals surface area (Å²) in [5.74, 6) is -2.44. The summed E-state index contributed by atoms with van der Waals surface area (Å²) in [5, 5.41) is 44.1. The molecule has 53 heavy (non-hydrogen) atoms. The van der Waals surface area contributed by atoms with Crippen LogP contribution in [0.5, 0.6) is 5.75 Å². The minimum atomic E-state index is -1.75. The molecule has 3 aromatic heterocycles. The highest BCUT2D eigenvalue weighted by atomic mass is 32.2. The number of carbonyl (C=O) groups excluding carboxylic acids is 3. The summed E-state index contributed by atoms with van der Waals surface area (Å²) in [7, 11) is 0. The van der Waals surface area contributed by atoms with E-state index in [1.807, 2.05) is 0 Å². The van der Waals surface area contributed by atoms with Crippen LogP contribution in [0.25, 0.3) is 5.70 Å². The van der Waals surface area contributed by atoms with Crippen LogP contribution in [-0.4, -0.2) is 135 Å². The van der Waals surface area contributed by atoms with Gasteiger partial charge in [0.05, 0.1) is 25.3 Å². The van der Waals surface area contributed by atoms with E-state index in [1.54, 1.807) is 4.90 Å². The van der Waals surface area contributed by atoms with E-state index in [-0.39, 0.29) is 33.6 Å². The number of carbonyl (C=O) groups is 4. The number of fused-ring (bicyclic) bond motifs is 4. The van der Waals surface area contributed by atoms with Gasteiger partial charge in [0.1, 0.15) is 29.3 Å². The first-order valence-corrected chi connectivity index (χ1v) is 18.6. The molecule has 0 aliphatic carbocycles. The number of tetrazole rings is 1. The predicted molar refractivity (Wildman–Crippen MR) is 189 cm³/mol. The number of H-pyrrole nitrogens is 2. The van der Waals surface area contributed by atoms with Crippen LogP contribution in [0.4, 0.5) is 5.13 Å². The van der Waals surface area contributed by atoms with Crippen molar-refractivity contribution >= 4 is 63.3 Å². The maximum atomic E-state index is 13.8. The first kappa shape index (κ1) is 36.0. The number of carboxylic acid groups (broad SMARTS) is 1. The number of aromatic hydroxyl groups is 1. The predicted octanol–water partition coefficient (Wildman–Crippen LogP) is -0.542. The van der Waals surface area contributed by atoms with Crippen molar-refractivity contribution in [1.29, 1.82) is 0 Å². The summed E-state index contributed by atoms with van der Waals surface area (Å²) in [6.45, 7) is 6.27. The van der Waals surface area contributed by atoms with E-state index in [0.29, 0.717) is 30.4 Å². The molecule has 5 aliphatic heterocycles. The molecule has 0 spiro atoms. The van der Waals surface area contributed by atoms with Crippen molar-refractivity contribution in [2.45, 2.75) is 50.1 Å². The van der Waals surface area contributed by atoms with Gasteiger partial charge in [0.15, 0.2) is 22.4 Å². The number of nitrogens with zero attached hydrogens (tertiary/aromatic N) is 7. The smallest absolute Gasteiger partial charge is 0.350 e. The lowest BCUT2D eigenvalue weighted by Gasteiger charge is -2.56. The van der Waals surface area contributed by atoms with E-state index in [0.717, 1.165) is 72.6 Å². The number of rotatable bonds is 12. The number of aromatic nitrogens is 6. The van der Waals surface area contributed by atoms with Crippen molar-refractivity contribution in [3.8, 4) is 5.75 Å². The van der Waals surface area contributed by atoms with Gasteiger partial charge in [0.2, 0.25) is 11.0 Å². The maximum absolute atomic E-state index is 13.8. The van der Waals surface area contributed by atoms with Crippen molar-refractivity contribution in [3.05, 3.63) is 50.7 Å². The Bertz CT molecular complexity index is 2070. The Balaban J connectivity index is 1.04. The third-order valence-corrected chi connectivity index (χ3v) is 12.4. The Morgan fingerprint density at radius 1 is 1.23 bits per heavy atom. The van der Waals surface area contributed by atoms with Crippen molar-refractivity contribution in [1.82, 2.24) is 46.1 Å². The highest BCUT2D eigenvalue weighted by Crippen LogP contribution is 2.47. The quantitative estimate of drug-likeness (QED) is 0.0527. The largest absolute Gasteiger partial charge is 0.503 e. The first-order chi connectivity index (χ1) is 25.2. The lowest BCUT2D eigenvalue weighted by molar-refractivity contribution is -0.941. The number of nitrogen functional groups attached to an aromatic ring is 1. The molecule has 0 saturated carbocycles. The normalized spacial score (nSPS) is 25.4. The number of oxime groups is 1. The molecule has 22 heteroatoms. The fourth-order valence-electron chi connectivity index (χ4n) is 7.10. The van der Waals surface area contributed by atoms with Gasteiger partial charge in [0.25, 0.3) is 17.7 Å². The number of pyridine rings is 1. The Morgan fingerprint density at radius 2 is 1.96 bits per heavy atom. The molecule has 3 amide bonds. The molecule has 0 aromatic carbocycles. The number of β-lactam (4-membered cyclic amide) rings is 1. The van der Waals surface area contributed by atoms with E-state index in [2.05, 4.69) is 46.4 Å². The summed E-state index contributed by atoms with van der Waals surface area (Å²) in [4.78, 5) is 77.1. The molecule has 2 bridgehead atoms. The van der Waals surface area contributed by atoms with E-state index >= 15 is 0 Å². The zero-order valence-electron chi connectivity index (χ0n) is 28.6. The molecule has 8 heterocycles. The Morgan fingerprint density at radius 3 is 2.58 bits per heavy atom. The topological polar surface area (TPSA) is 284 Å². The Kier molecular flexibility index (Phi) is 9.22. The summed E-state index contributed by atoms with van der Waals surface area (Å²) >= 11 is 2.56. The van der Waals surface area contributed by atoms with Gasteiger partial charge in [-0.15, -0.1) is 28.2 Å². The molecule has 2 atom stereocenters. The molecule has 4 saturated heterocycles. The number of aromatic amines is 2. The second-order valence-electron chi connectivity index (χ2n) is 14.2. The zero-order chi connectivity index (χ0) is 37.7. The summed E-state index contributed by atoms with van der Waals surface area (Å²) in [5.41, 5.74) is 4.72.